The van der Waals surface area contributed by atoms with Crippen LogP contribution in [0.2, 0.25) is 0 Å². The molecule has 6 rings (SSSR count). The molecule has 1 aliphatic carbocycles. The maximum atomic E-state index is 14.3. The standard InChI is InChI=1S/C32H37N3O4/c1-19-16-20(2)18-24(17-19)34-29(36)26-25-14-15-32(39-25)27(26)31(38)35(21(3)22-10-6-4-7-11-22)28(32)30(37)33-23-12-8-5-9-13-23/h4,6-7,10-11,14-18,21,23,25-28H,5,8-9,12-13H2,1-3H3,(H,33,37)(H,34,36)/t21-,25+,26-,27+,28+,32+/m1/s1. The van der Waals surface area contributed by atoms with E-state index in [0.717, 1.165) is 42.4 Å². The number of nitrogens with zero attached hydrogens (tertiary/aromatic N) is 1. The van der Waals surface area contributed by atoms with Gasteiger partial charge >= 0.3 is 0 Å². The number of anilines is 1. The molecule has 2 aromatic rings. The topological polar surface area (TPSA) is 87.7 Å². The number of hydrogen-bond donors (Lipinski definition) is 2. The Balaban J connectivity index is 1.35. The molecule has 3 amide bonds. The summed E-state index contributed by atoms with van der Waals surface area (Å²) in [6.07, 6.45) is 8.44. The molecule has 3 fully saturated rings. The van der Waals surface area contributed by atoms with Crippen LogP contribution in [-0.4, -0.2) is 46.4 Å². The summed E-state index contributed by atoms with van der Waals surface area (Å²) in [5.41, 5.74) is 2.56. The highest BCUT2D eigenvalue weighted by molar-refractivity contribution is 6.03. The zero-order chi connectivity index (χ0) is 27.3. The second kappa shape index (κ2) is 9.94. The van der Waals surface area contributed by atoms with Crippen LogP contribution < -0.4 is 10.6 Å². The number of benzene rings is 2. The summed E-state index contributed by atoms with van der Waals surface area (Å²) < 4.78 is 6.52. The Morgan fingerprint density at radius 3 is 2.38 bits per heavy atom. The van der Waals surface area contributed by atoms with Gasteiger partial charge in [0.05, 0.1) is 24.0 Å². The molecule has 204 valence electrons. The quantitative estimate of drug-likeness (QED) is 0.538. The highest BCUT2D eigenvalue weighted by Crippen LogP contribution is 2.56. The van der Waals surface area contributed by atoms with Gasteiger partial charge in [0, 0.05) is 11.7 Å². The van der Waals surface area contributed by atoms with Crippen molar-refractivity contribution in [3.63, 3.8) is 0 Å². The number of nitrogens with one attached hydrogen (secondary N) is 2. The Bertz CT molecular complexity index is 1300. The second-order valence-electron chi connectivity index (χ2n) is 11.7. The van der Waals surface area contributed by atoms with E-state index in [0.29, 0.717) is 5.69 Å². The zero-order valence-corrected chi connectivity index (χ0v) is 22.9. The number of carbonyl (C=O) groups excluding carboxylic acids is 3. The molecule has 0 unspecified atom stereocenters. The van der Waals surface area contributed by atoms with Crippen LogP contribution >= 0.6 is 0 Å². The van der Waals surface area contributed by atoms with Crippen molar-refractivity contribution in [1.29, 1.82) is 0 Å². The first-order valence-corrected chi connectivity index (χ1v) is 14.2. The highest BCUT2D eigenvalue weighted by Gasteiger charge is 2.73. The van der Waals surface area contributed by atoms with E-state index in [1.807, 2.05) is 81.5 Å². The predicted octanol–water partition coefficient (Wildman–Crippen LogP) is 4.60. The third-order valence-electron chi connectivity index (χ3n) is 9.00. The third-order valence-corrected chi connectivity index (χ3v) is 9.00. The lowest BCUT2D eigenvalue weighted by molar-refractivity contribution is -0.143. The Morgan fingerprint density at radius 1 is 1.00 bits per heavy atom. The number of amides is 3. The zero-order valence-electron chi connectivity index (χ0n) is 22.9. The van der Waals surface area contributed by atoms with E-state index in [-0.39, 0.29) is 29.8 Å². The fourth-order valence-corrected chi connectivity index (χ4v) is 7.32. The molecular weight excluding hydrogens is 490 g/mol. The minimum absolute atomic E-state index is 0.0944. The van der Waals surface area contributed by atoms with Crippen LogP contribution in [0.3, 0.4) is 0 Å². The summed E-state index contributed by atoms with van der Waals surface area (Å²) in [4.78, 5) is 43.8. The number of aryl methyl sites for hydroxylation is 2. The number of likely N-dealkylation sites (tertiary alicyclic amines) is 1. The number of rotatable bonds is 6. The van der Waals surface area contributed by atoms with Gasteiger partial charge in [0.15, 0.2) is 0 Å². The summed E-state index contributed by atoms with van der Waals surface area (Å²) in [5.74, 6) is -2.15. The van der Waals surface area contributed by atoms with Crippen molar-refractivity contribution in [2.24, 2.45) is 11.8 Å². The van der Waals surface area contributed by atoms with E-state index in [4.69, 9.17) is 4.74 Å². The maximum Gasteiger partial charge on any atom is 0.246 e. The molecule has 6 atom stereocenters. The SMILES string of the molecule is Cc1cc(C)cc(NC(=O)[C@@H]2[C@@H]3C=C[C@]4(O3)[C@@H]2C(=O)N([C@H](C)c2ccccc2)[C@H]4C(=O)NC2CCCCC2)c1. The van der Waals surface area contributed by atoms with Crippen molar-refractivity contribution in [2.75, 3.05) is 5.32 Å². The number of ether oxygens (including phenoxy) is 1. The van der Waals surface area contributed by atoms with Crippen molar-refractivity contribution in [2.45, 2.75) is 82.7 Å². The van der Waals surface area contributed by atoms with E-state index in [1.165, 1.54) is 6.42 Å². The molecule has 4 aliphatic rings. The minimum Gasteiger partial charge on any atom is -0.359 e. The van der Waals surface area contributed by atoms with E-state index < -0.39 is 29.6 Å². The van der Waals surface area contributed by atoms with Crippen molar-refractivity contribution in [1.82, 2.24) is 10.2 Å². The van der Waals surface area contributed by atoms with Gasteiger partial charge in [-0.3, -0.25) is 14.4 Å². The fraction of sp³-hybridized carbons (Fsp3) is 0.469. The van der Waals surface area contributed by atoms with Gasteiger partial charge in [0.25, 0.3) is 0 Å². The summed E-state index contributed by atoms with van der Waals surface area (Å²) in [6.45, 7) is 5.92. The Kier molecular flexibility index (Phi) is 6.58. The lowest BCUT2D eigenvalue weighted by atomic mass is 9.74. The monoisotopic (exact) mass is 527 g/mol. The van der Waals surface area contributed by atoms with Crippen molar-refractivity contribution in [3.05, 3.63) is 77.4 Å². The van der Waals surface area contributed by atoms with E-state index in [9.17, 15) is 14.4 Å². The minimum atomic E-state index is -1.17. The van der Waals surface area contributed by atoms with E-state index in [2.05, 4.69) is 10.6 Å². The van der Waals surface area contributed by atoms with Crippen molar-refractivity contribution >= 4 is 23.4 Å². The van der Waals surface area contributed by atoms with Gasteiger partial charge in [-0.25, -0.2) is 0 Å². The van der Waals surface area contributed by atoms with E-state index in [1.54, 1.807) is 4.90 Å². The molecule has 2 bridgehead atoms. The third kappa shape index (κ3) is 4.37. The average molecular weight is 528 g/mol. The molecule has 2 N–H and O–H groups in total. The van der Waals surface area contributed by atoms with Crippen LogP contribution in [0.25, 0.3) is 0 Å². The van der Waals surface area contributed by atoms with E-state index >= 15 is 0 Å². The molecule has 1 spiro atoms. The molecule has 3 aliphatic heterocycles. The summed E-state index contributed by atoms with van der Waals surface area (Å²) >= 11 is 0. The van der Waals surface area contributed by atoms with Gasteiger partial charge in [-0.2, -0.15) is 0 Å². The molecule has 39 heavy (non-hydrogen) atoms. The normalized spacial score (nSPS) is 30.3. The van der Waals surface area contributed by atoms with Crippen molar-refractivity contribution in [3.8, 4) is 0 Å². The van der Waals surface area contributed by atoms with Gasteiger partial charge in [-0.15, -0.1) is 0 Å². The molecule has 0 radical (unpaired) electrons. The van der Waals surface area contributed by atoms with Gasteiger partial charge in [-0.05, 0) is 62.4 Å². The van der Waals surface area contributed by atoms with Gasteiger partial charge in [0.1, 0.15) is 11.6 Å². The predicted molar refractivity (Wildman–Crippen MR) is 149 cm³/mol. The molecule has 1 saturated carbocycles. The largest absolute Gasteiger partial charge is 0.359 e. The van der Waals surface area contributed by atoms with Crippen LogP contribution in [-0.2, 0) is 19.1 Å². The molecule has 2 saturated heterocycles. The molecule has 2 aromatic carbocycles. The van der Waals surface area contributed by atoms with Crippen molar-refractivity contribution < 1.29 is 19.1 Å². The Morgan fingerprint density at radius 2 is 1.69 bits per heavy atom. The smallest absolute Gasteiger partial charge is 0.246 e. The van der Waals surface area contributed by atoms with Gasteiger partial charge in [0.2, 0.25) is 17.7 Å². The first-order chi connectivity index (χ1) is 18.8. The van der Waals surface area contributed by atoms with Crippen LogP contribution in [0.15, 0.2) is 60.7 Å². The highest BCUT2D eigenvalue weighted by atomic mass is 16.5. The molecule has 3 heterocycles. The lowest BCUT2D eigenvalue weighted by Crippen LogP contribution is -2.56. The second-order valence-corrected chi connectivity index (χ2v) is 11.7. The lowest BCUT2D eigenvalue weighted by Gasteiger charge is -2.37. The first-order valence-electron chi connectivity index (χ1n) is 14.2. The summed E-state index contributed by atoms with van der Waals surface area (Å²) in [6, 6.07) is 14.5. The van der Waals surface area contributed by atoms with Gasteiger partial charge < -0.3 is 20.3 Å². The Labute approximate surface area is 230 Å². The molecule has 0 aromatic heterocycles. The molecule has 7 heteroatoms. The first kappa shape index (κ1) is 25.8. The van der Waals surface area contributed by atoms with Crippen LogP contribution in [0.4, 0.5) is 5.69 Å². The Hall–Kier alpha value is -3.45. The number of fused-ring (bicyclic) bond motifs is 1. The fourth-order valence-electron chi connectivity index (χ4n) is 7.32. The summed E-state index contributed by atoms with van der Waals surface area (Å²) in [7, 11) is 0. The van der Waals surface area contributed by atoms with Gasteiger partial charge in [-0.1, -0.05) is 67.8 Å². The maximum absolute atomic E-state index is 14.3. The van der Waals surface area contributed by atoms with Crippen LogP contribution in [0.1, 0.15) is 61.8 Å². The number of carbonyl (C=O) groups is 3. The van der Waals surface area contributed by atoms with Crippen LogP contribution in [0.5, 0.6) is 0 Å². The molecule has 7 nitrogen and oxygen atoms in total. The molecular formula is C32H37N3O4. The summed E-state index contributed by atoms with van der Waals surface area (Å²) in [5, 5.41) is 6.30. The van der Waals surface area contributed by atoms with Crippen LogP contribution in [0, 0.1) is 25.7 Å². The number of hydrogen-bond acceptors (Lipinski definition) is 4. The average Bonchev–Trinajstić information content (AvgIpc) is 3.56.